The molecule has 1 atom stereocenters. The summed E-state index contributed by atoms with van der Waals surface area (Å²) < 4.78 is 5.52. The monoisotopic (exact) mass is 293 g/mol. The van der Waals surface area contributed by atoms with Gasteiger partial charge in [-0.25, -0.2) is 0 Å². The largest absolute Gasteiger partial charge is 0.487 e. The summed E-state index contributed by atoms with van der Waals surface area (Å²) in [7, 11) is 2.00. The summed E-state index contributed by atoms with van der Waals surface area (Å²) in [6, 6.07) is 5.57. The van der Waals surface area contributed by atoms with Crippen LogP contribution < -0.4 is 15.0 Å². The zero-order chi connectivity index (χ0) is 15.2. The number of nitro benzene ring substituents is 1. The molecule has 6 nitrogen and oxygen atoms in total. The van der Waals surface area contributed by atoms with Crippen LogP contribution in [0.3, 0.4) is 0 Å². The molecule has 1 fully saturated rings. The lowest BCUT2D eigenvalue weighted by molar-refractivity contribution is -0.385. The molecule has 1 saturated heterocycles. The van der Waals surface area contributed by atoms with E-state index >= 15 is 0 Å². The third-order valence-electron chi connectivity index (χ3n) is 3.70. The second-order valence-electron chi connectivity index (χ2n) is 5.43. The van der Waals surface area contributed by atoms with Gasteiger partial charge in [-0.1, -0.05) is 6.92 Å². The highest BCUT2D eigenvalue weighted by molar-refractivity contribution is 5.59. The number of nitrogens with one attached hydrogen (secondary N) is 1. The highest BCUT2D eigenvalue weighted by Crippen LogP contribution is 2.31. The molecule has 1 N–H and O–H groups in total. The van der Waals surface area contributed by atoms with Crippen molar-refractivity contribution in [3.8, 4) is 5.75 Å². The predicted molar refractivity (Wildman–Crippen MR) is 83.2 cm³/mol. The first-order valence-electron chi connectivity index (χ1n) is 7.47. The van der Waals surface area contributed by atoms with Gasteiger partial charge in [0, 0.05) is 37.5 Å². The topological polar surface area (TPSA) is 67.6 Å². The van der Waals surface area contributed by atoms with Crippen molar-refractivity contribution in [1.82, 2.24) is 5.32 Å². The summed E-state index contributed by atoms with van der Waals surface area (Å²) in [6.45, 7) is 4.43. The molecule has 116 valence electrons. The predicted octanol–water partition coefficient (Wildman–Crippen LogP) is 2.57. The van der Waals surface area contributed by atoms with Crippen molar-refractivity contribution in [2.24, 2.45) is 0 Å². The van der Waals surface area contributed by atoms with Gasteiger partial charge in [-0.05, 0) is 31.9 Å². The number of nitrogens with zero attached hydrogens (tertiary/aromatic N) is 2. The van der Waals surface area contributed by atoms with E-state index in [1.54, 1.807) is 12.1 Å². The first-order valence-corrected chi connectivity index (χ1v) is 7.47. The number of rotatable bonds is 7. The van der Waals surface area contributed by atoms with Gasteiger partial charge in [0.1, 0.15) is 0 Å². The number of benzene rings is 1. The van der Waals surface area contributed by atoms with E-state index in [-0.39, 0.29) is 5.69 Å². The number of anilines is 1. The van der Waals surface area contributed by atoms with Gasteiger partial charge in [-0.15, -0.1) is 0 Å². The second kappa shape index (κ2) is 7.26. The van der Waals surface area contributed by atoms with Gasteiger partial charge in [0.2, 0.25) is 0 Å². The molecule has 1 unspecified atom stereocenters. The van der Waals surface area contributed by atoms with Crippen LogP contribution in [-0.4, -0.2) is 37.7 Å². The Morgan fingerprint density at radius 2 is 2.33 bits per heavy atom. The molecule has 0 aliphatic carbocycles. The molecular formula is C15H23N3O3. The first kappa shape index (κ1) is 15.6. The molecule has 1 aliphatic heterocycles. The molecule has 0 spiro atoms. The Balaban J connectivity index is 2.13. The average Bonchev–Trinajstić information content (AvgIpc) is 2.97. The summed E-state index contributed by atoms with van der Waals surface area (Å²) in [5, 5.41) is 14.5. The van der Waals surface area contributed by atoms with E-state index < -0.39 is 4.92 Å². The summed E-state index contributed by atoms with van der Waals surface area (Å²) in [4.78, 5) is 12.8. The molecular weight excluding hydrogens is 270 g/mol. The molecule has 0 aromatic heterocycles. The fraction of sp³-hybridized carbons (Fsp3) is 0.600. The number of hydrogen-bond donors (Lipinski definition) is 1. The van der Waals surface area contributed by atoms with E-state index in [1.807, 2.05) is 14.0 Å². The van der Waals surface area contributed by atoms with Gasteiger partial charge in [-0.3, -0.25) is 10.1 Å². The maximum atomic E-state index is 11.0. The number of ether oxygens (including phenoxy) is 1. The Kier molecular flexibility index (Phi) is 5.38. The third kappa shape index (κ3) is 4.07. The van der Waals surface area contributed by atoms with Crippen LogP contribution >= 0.6 is 0 Å². The van der Waals surface area contributed by atoms with Gasteiger partial charge in [-0.2, -0.15) is 0 Å². The number of nitro groups is 1. The van der Waals surface area contributed by atoms with Crippen LogP contribution in [0.15, 0.2) is 18.2 Å². The Hall–Kier alpha value is -1.82. The summed E-state index contributed by atoms with van der Waals surface area (Å²) >= 11 is 0. The summed E-state index contributed by atoms with van der Waals surface area (Å²) in [5.41, 5.74) is 0.972. The minimum atomic E-state index is -0.396. The van der Waals surface area contributed by atoms with Crippen molar-refractivity contribution < 1.29 is 9.66 Å². The van der Waals surface area contributed by atoms with Crippen LogP contribution in [0.4, 0.5) is 11.4 Å². The highest BCUT2D eigenvalue weighted by atomic mass is 16.6. The van der Waals surface area contributed by atoms with E-state index in [0.29, 0.717) is 18.4 Å². The van der Waals surface area contributed by atoms with Gasteiger partial charge in [0.25, 0.3) is 0 Å². The molecule has 6 heteroatoms. The van der Waals surface area contributed by atoms with Crippen molar-refractivity contribution in [1.29, 1.82) is 0 Å². The van der Waals surface area contributed by atoms with E-state index in [0.717, 1.165) is 25.2 Å². The molecule has 21 heavy (non-hydrogen) atoms. The van der Waals surface area contributed by atoms with Crippen LogP contribution in [0.5, 0.6) is 5.75 Å². The van der Waals surface area contributed by atoms with Crippen molar-refractivity contribution in [2.75, 3.05) is 31.6 Å². The van der Waals surface area contributed by atoms with E-state index in [2.05, 4.69) is 10.2 Å². The normalized spacial score (nSPS) is 17.7. The number of likely N-dealkylation sites (N-methyl/N-ethyl adjacent to an activating group) is 1. The molecule has 2 rings (SSSR count). The maximum absolute atomic E-state index is 11.0. The standard InChI is InChI=1S/C15H23N3O3/c1-3-9-21-15-10-13(6-7-14(15)18(19)20)17(2)11-12-5-4-8-16-12/h6-7,10,12,16H,3-5,8-9,11H2,1-2H3. The van der Waals surface area contributed by atoms with Crippen molar-refractivity contribution in [3.63, 3.8) is 0 Å². The lowest BCUT2D eigenvalue weighted by Crippen LogP contribution is -2.35. The zero-order valence-corrected chi connectivity index (χ0v) is 12.7. The SMILES string of the molecule is CCCOc1cc(N(C)CC2CCCN2)ccc1[N+](=O)[O-]. The minimum Gasteiger partial charge on any atom is -0.487 e. The van der Waals surface area contributed by atoms with Crippen LogP contribution in [0.2, 0.25) is 0 Å². The maximum Gasteiger partial charge on any atom is 0.311 e. The second-order valence-corrected chi connectivity index (χ2v) is 5.43. The Morgan fingerprint density at radius 1 is 1.52 bits per heavy atom. The van der Waals surface area contributed by atoms with Crippen molar-refractivity contribution >= 4 is 11.4 Å². The quantitative estimate of drug-likeness (QED) is 0.618. The van der Waals surface area contributed by atoms with E-state index in [4.69, 9.17) is 4.74 Å². The Morgan fingerprint density at radius 3 is 2.95 bits per heavy atom. The third-order valence-corrected chi connectivity index (χ3v) is 3.70. The molecule has 1 aromatic rings. The summed E-state index contributed by atoms with van der Waals surface area (Å²) in [5.74, 6) is 0.352. The fourth-order valence-corrected chi connectivity index (χ4v) is 2.57. The molecule has 1 heterocycles. The Labute approximate surface area is 125 Å². The van der Waals surface area contributed by atoms with Gasteiger partial charge < -0.3 is 15.0 Å². The van der Waals surface area contributed by atoms with Crippen LogP contribution in [0, 0.1) is 10.1 Å². The molecule has 1 aliphatic rings. The van der Waals surface area contributed by atoms with Crippen molar-refractivity contribution in [3.05, 3.63) is 28.3 Å². The molecule has 0 radical (unpaired) electrons. The average molecular weight is 293 g/mol. The van der Waals surface area contributed by atoms with E-state index in [9.17, 15) is 10.1 Å². The summed E-state index contributed by atoms with van der Waals surface area (Å²) in [6.07, 6.45) is 3.21. The molecule has 0 bridgehead atoms. The highest BCUT2D eigenvalue weighted by Gasteiger charge is 2.19. The van der Waals surface area contributed by atoms with Gasteiger partial charge in [0.15, 0.2) is 5.75 Å². The smallest absolute Gasteiger partial charge is 0.311 e. The van der Waals surface area contributed by atoms with Gasteiger partial charge in [0.05, 0.1) is 11.5 Å². The van der Waals surface area contributed by atoms with Gasteiger partial charge >= 0.3 is 5.69 Å². The number of hydrogen-bond acceptors (Lipinski definition) is 5. The lowest BCUT2D eigenvalue weighted by atomic mass is 10.2. The zero-order valence-electron chi connectivity index (χ0n) is 12.7. The van der Waals surface area contributed by atoms with Crippen molar-refractivity contribution in [2.45, 2.75) is 32.2 Å². The molecule has 0 saturated carbocycles. The lowest BCUT2D eigenvalue weighted by Gasteiger charge is -2.23. The van der Waals surface area contributed by atoms with Crippen LogP contribution in [0.1, 0.15) is 26.2 Å². The Bertz CT molecular complexity index is 487. The van der Waals surface area contributed by atoms with Crippen LogP contribution in [-0.2, 0) is 0 Å². The van der Waals surface area contributed by atoms with E-state index in [1.165, 1.54) is 18.9 Å². The first-order chi connectivity index (χ1) is 10.1. The fourth-order valence-electron chi connectivity index (χ4n) is 2.57. The minimum absolute atomic E-state index is 0.0274. The molecule has 1 aromatic carbocycles. The van der Waals surface area contributed by atoms with Crippen LogP contribution in [0.25, 0.3) is 0 Å². The molecule has 0 amide bonds.